The Bertz CT molecular complexity index is 867. The second kappa shape index (κ2) is 6.57. The molecule has 3 aromatic rings. The van der Waals surface area contributed by atoms with Crippen molar-refractivity contribution >= 4 is 22.3 Å². The number of hydrogen-bond donors (Lipinski definition) is 2. The van der Waals surface area contributed by atoms with Gasteiger partial charge in [-0.25, -0.2) is 4.79 Å². The topological polar surface area (TPSA) is 54.3 Å². The van der Waals surface area contributed by atoms with Crippen LogP contribution in [0.1, 0.15) is 11.1 Å². The van der Waals surface area contributed by atoms with Crippen LogP contribution in [0.3, 0.4) is 0 Å². The van der Waals surface area contributed by atoms with Crippen LogP contribution in [0.4, 0.5) is 11.4 Å². The minimum atomic E-state index is -0.282. The van der Waals surface area contributed by atoms with Crippen molar-refractivity contribution in [3.8, 4) is 0 Å². The standard InChI is InChI=1S/C19H20N2O2/c1-13-3-6-16(7-4-13)20-9-10-21-17-8-5-15-11-14(2)19(22)23-18(15)12-17/h3-8,11-12,20-21H,9-10H2,1-2H3. The molecule has 1 aromatic heterocycles. The Morgan fingerprint density at radius 3 is 2.26 bits per heavy atom. The number of nitrogens with one attached hydrogen (secondary N) is 2. The molecule has 0 unspecified atom stereocenters. The summed E-state index contributed by atoms with van der Waals surface area (Å²) in [6.07, 6.45) is 0. The Labute approximate surface area is 135 Å². The molecule has 4 nitrogen and oxygen atoms in total. The van der Waals surface area contributed by atoms with Crippen LogP contribution >= 0.6 is 0 Å². The van der Waals surface area contributed by atoms with Gasteiger partial charge in [0.2, 0.25) is 0 Å². The minimum Gasteiger partial charge on any atom is -0.422 e. The van der Waals surface area contributed by atoms with Gasteiger partial charge < -0.3 is 15.1 Å². The third-order valence-electron chi connectivity index (χ3n) is 3.75. The zero-order valence-corrected chi connectivity index (χ0v) is 13.3. The molecule has 4 heteroatoms. The van der Waals surface area contributed by atoms with Gasteiger partial charge in [0, 0.05) is 41.5 Å². The minimum absolute atomic E-state index is 0.282. The van der Waals surface area contributed by atoms with E-state index in [-0.39, 0.29) is 5.63 Å². The van der Waals surface area contributed by atoms with Crippen LogP contribution in [0.25, 0.3) is 11.0 Å². The highest BCUT2D eigenvalue weighted by Crippen LogP contribution is 2.18. The van der Waals surface area contributed by atoms with Gasteiger partial charge in [0.15, 0.2) is 0 Å². The molecule has 2 aromatic carbocycles. The molecule has 0 saturated carbocycles. The summed E-state index contributed by atoms with van der Waals surface area (Å²) in [5.41, 5.74) is 4.25. The predicted molar refractivity (Wildman–Crippen MR) is 95.4 cm³/mol. The first-order valence-electron chi connectivity index (χ1n) is 7.71. The lowest BCUT2D eigenvalue weighted by atomic mass is 10.2. The quantitative estimate of drug-likeness (QED) is 0.554. The van der Waals surface area contributed by atoms with Gasteiger partial charge in [-0.3, -0.25) is 0 Å². The molecule has 1 heterocycles. The van der Waals surface area contributed by atoms with Gasteiger partial charge >= 0.3 is 5.63 Å². The molecule has 0 radical (unpaired) electrons. The summed E-state index contributed by atoms with van der Waals surface area (Å²) in [6, 6.07) is 16.0. The molecule has 3 rings (SSSR count). The lowest BCUT2D eigenvalue weighted by Crippen LogP contribution is -2.13. The second-order valence-corrected chi connectivity index (χ2v) is 5.69. The van der Waals surface area contributed by atoms with Crippen LogP contribution in [-0.2, 0) is 0 Å². The second-order valence-electron chi connectivity index (χ2n) is 5.69. The molecule has 23 heavy (non-hydrogen) atoms. The highest BCUT2D eigenvalue weighted by atomic mass is 16.4. The molecular formula is C19H20N2O2. The Balaban J connectivity index is 1.60. The third kappa shape index (κ3) is 3.72. The lowest BCUT2D eigenvalue weighted by Gasteiger charge is -2.09. The van der Waals surface area contributed by atoms with Gasteiger partial charge in [-0.2, -0.15) is 0 Å². The first-order chi connectivity index (χ1) is 11.1. The van der Waals surface area contributed by atoms with Crippen LogP contribution in [-0.4, -0.2) is 13.1 Å². The summed E-state index contributed by atoms with van der Waals surface area (Å²) < 4.78 is 5.31. The maximum Gasteiger partial charge on any atom is 0.339 e. The van der Waals surface area contributed by atoms with Crippen molar-refractivity contribution < 1.29 is 4.42 Å². The van der Waals surface area contributed by atoms with Gasteiger partial charge in [0.25, 0.3) is 0 Å². The fourth-order valence-corrected chi connectivity index (χ4v) is 2.41. The fraction of sp³-hybridized carbons (Fsp3) is 0.211. The zero-order chi connectivity index (χ0) is 16.2. The number of fused-ring (bicyclic) bond motifs is 1. The van der Waals surface area contributed by atoms with E-state index >= 15 is 0 Å². The van der Waals surface area contributed by atoms with E-state index in [4.69, 9.17) is 4.42 Å². The van der Waals surface area contributed by atoms with Gasteiger partial charge in [-0.1, -0.05) is 17.7 Å². The smallest absolute Gasteiger partial charge is 0.339 e. The summed E-state index contributed by atoms with van der Waals surface area (Å²) in [6.45, 7) is 5.41. The lowest BCUT2D eigenvalue weighted by molar-refractivity contribution is 0.555. The molecule has 0 spiro atoms. The highest BCUT2D eigenvalue weighted by molar-refractivity contribution is 5.80. The predicted octanol–water partition coefficient (Wildman–Crippen LogP) is 3.93. The molecule has 0 aliphatic carbocycles. The Morgan fingerprint density at radius 1 is 0.870 bits per heavy atom. The van der Waals surface area contributed by atoms with Gasteiger partial charge in [0.05, 0.1) is 0 Å². The highest BCUT2D eigenvalue weighted by Gasteiger charge is 2.02. The van der Waals surface area contributed by atoms with Crippen LogP contribution < -0.4 is 16.3 Å². The summed E-state index contributed by atoms with van der Waals surface area (Å²) in [5.74, 6) is 0. The number of rotatable bonds is 5. The number of anilines is 2. The van der Waals surface area contributed by atoms with Crippen molar-refractivity contribution in [1.82, 2.24) is 0 Å². The molecule has 0 amide bonds. The van der Waals surface area contributed by atoms with E-state index in [0.29, 0.717) is 11.1 Å². The van der Waals surface area contributed by atoms with E-state index in [1.165, 1.54) is 5.56 Å². The summed E-state index contributed by atoms with van der Waals surface area (Å²) in [5, 5.41) is 7.62. The monoisotopic (exact) mass is 308 g/mol. The maximum absolute atomic E-state index is 11.6. The number of hydrogen-bond acceptors (Lipinski definition) is 4. The first kappa shape index (κ1) is 15.2. The molecule has 2 N–H and O–H groups in total. The Kier molecular flexibility index (Phi) is 4.33. The third-order valence-corrected chi connectivity index (χ3v) is 3.75. The van der Waals surface area contributed by atoms with Gasteiger partial charge in [0.1, 0.15) is 5.58 Å². The van der Waals surface area contributed by atoms with Crippen molar-refractivity contribution in [3.05, 3.63) is 70.1 Å². The molecular weight excluding hydrogens is 288 g/mol. The van der Waals surface area contributed by atoms with Crippen molar-refractivity contribution in [2.45, 2.75) is 13.8 Å². The summed E-state index contributed by atoms with van der Waals surface area (Å²) in [7, 11) is 0. The molecule has 0 saturated heterocycles. The molecule has 118 valence electrons. The van der Waals surface area contributed by atoms with E-state index in [1.54, 1.807) is 6.92 Å². The van der Waals surface area contributed by atoms with Crippen molar-refractivity contribution in [1.29, 1.82) is 0 Å². The molecule has 0 bridgehead atoms. The average Bonchev–Trinajstić information content (AvgIpc) is 2.54. The van der Waals surface area contributed by atoms with E-state index in [1.807, 2.05) is 24.3 Å². The van der Waals surface area contributed by atoms with Crippen molar-refractivity contribution in [3.63, 3.8) is 0 Å². The zero-order valence-electron chi connectivity index (χ0n) is 13.3. The van der Waals surface area contributed by atoms with E-state index in [0.717, 1.165) is 29.9 Å². The summed E-state index contributed by atoms with van der Waals surface area (Å²) in [4.78, 5) is 11.6. The number of aryl methyl sites for hydroxylation is 2. The Morgan fingerprint density at radius 2 is 1.52 bits per heavy atom. The fourth-order valence-electron chi connectivity index (χ4n) is 2.41. The van der Waals surface area contributed by atoms with Gasteiger partial charge in [-0.15, -0.1) is 0 Å². The molecule has 0 fully saturated rings. The van der Waals surface area contributed by atoms with Crippen LogP contribution in [0, 0.1) is 13.8 Å². The molecule has 0 atom stereocenters. The van der Waals surface area contributed by atoms with Crippen molar-refractivity contribution in [2.75, 3.05) is 23.7 Å². The van der Waals surface area contributed by atoms with E-state index in [2.05, 4.69) is 41.8 Å². The van der Waals surface area contributed by atoms with Crippen LogP contribution in [0.5, 0.6) is 0 Å². The Hall–Kier alpha value is -2.75. The molecule has 0 aliphatic rings. The maximum atomic E-state index is 11.6. The largest absolute Gasteiger partial charge is 0.422 e. The van der Waals surface area contributed by atoms with Crippen LogP contribution in [0.15, 0.2) is 57.7 Å². The SMILES string of the molecule is Cc1ccc(NCCNc2ccc3cc(C)c(=O)oc3c2)cc1. The van der Waals surface area contributed by atoms with E-state index < -0.39 is 0 Å². The van der Waals surface area contributed by atoms with E-state index in [9.17, 15) is 4.79 Å². The van der Waals surface area contributed by atoms with Crippen molar-refractivity contribution in [2.24, 2.45) is 0 Å². The number of benzene rings is 2. The average molecular weight is 308 g/mol. The van der Waals surface area contributed by atoms with Crippen LogP contribution in [0.2, 0.25) is 0 Å². The van der Waals surface area contributed by atoms with Gasteiger partial charge in [-0.05, 0) is 44.2 Å². The first-order valence-corrected chi connectivity index (χ1v) is 7.71. The molecule has 0 aliphatic heterocycles. The normalized spacial score (nSPS) is 10.7. The summed E-state index contributed by atoms with van der Waals surface area (Å²) >= 11 is 0.